The molecule has 0 atom stereocenters. The lowest BCUT2D eigenvalue weighted by molar-refractivity contribution is -0.117. The van der Waals surface area contributed by atoms with Crippen LogP contribution in [0.15, 0.2) is 12.2 Å². The molecule has 0 bridgehead atoms. The molecule has 0 fully saturated rings. The van der Waals surface area contributed by atoms with E-state index in [1.165, 1.54) is 142 Å². The lowest BCUT2D eigenvalue weighted by Crippen LogP contribution is -2.24. The molecule has 0 rings (SSSR count). The molecule has 1 N–H and O–H groups in total. The highest BCUT2D eigenvalue weighted by molar-refractivity contribution is 8.93. The summed E-state index contributed by atoms with van der Waals surface area (Å²) in [5.41, 5.74) is 0.573. The number of nitrogens with one attached hydrogen (secondary N) is 1. The highest BCUT2D eigenvalue weighted by Gasteiger charge is 1.97. The maximum atomic E-state index is 10.7. The van der Waals surface area contributed by atoms with Crippen LogP contribution >= 0.6 is 17.0 Å². The molecule has 4 nitrogen and oxygen atoms in total. The van der Waals surface area contributed by atoms with E-state index in [9.17, 15) is 4.79 Å². The molecular formula is C35H76BrN3O. The van der Waals surface area contributed by atoms with E-state index in [0.29, 0.717) is 5.57 Å². The van der Waals surface area contributed by atoms with Crippen LogP contribution in [0.3, 0.4) is 0 Å². The smallest absolute Gasteiger partial charge is 0.246 e. The largest absolute Gasteiger partial charge is 0.352 e. The number of hydrogen-bond donors (Lipinski definition) is 1. The summed E-state index contributed by atoms with van der Waals surface area (Å²) in [7, 11) is 8.64. The maximum Gasteiger partial charge on any atom is 0.246 e. The summed E-state index contributed by atoms with van der Waals surface area (Å²) in [6.07, 6.45) is 29.7. The van der Waals surface area contributed by atoms with Gasteiger partial charge in [-0.2, -0.15) is 0 Å². The van der Waals surface area contributed by atoms with Crippen molar-refractivity contribution in [2.24, 2.45) is 0 Å². The average Bonchev–Trinajstić information content (AvgIpc) is 2.89. The van der Waals surface area contributed by atoms with Gasteiger partial charge < -0.3 is 15.1 Å². The van der Waals surface area contributed by atoms with Gasteiger partial charge >= 0.3 is 0 Å². The van der Waals surface area contributed by atoms with E-state index in [1.807, 2.05) is 6.92 Å². The minimum absolute atomic E-state index is 0. The van der Waals surface area contributed by atoms with Gasteiger partial charge in [-0.05, 0) is 67.5 Å². The topological polar surface area (TPSA) is 35.6 Å². The molecule has 0 aromatic rings. The third kappa shape index (κ3) is 50.4. The summed E-state index contributed by atoms with van der Waals surface area (Å²) in [6.45, 7) is 15.0. The number of halogens is 1. The van der Waals surface area contributed by atoms with Gasteiger partial charge in [-0.3, -0.25) is 4.79 Å². The fourth-order valence-corrected chi connectivity index (χ4v) is 4.22. The molecule has 0 saturated carbocycles. The zero-order chi connectivity index (χ0) is 30.0. The monoisotopic (exact) mass is 634 g/mol. The Kier molecular flexibility index (Phi) is 47.4. The van der Waals surface area contributed by atoms with Crippen molar-refractivity contribution in [2.45, 2.75) is 163 Å². The Morgan fingerprint density at radius 1 is 0.525 bits per heavy atom. The van der Waals surface area contributed by atoms with Crippen molar-refractivity contribution in [3.05, 3.63) is 12.2 Å². The van der Waals surface area contributed by atoms with Crippen molar-refractivity contribution >= 4 is 22.9 Å². The lowest BCUT2D eigenvalue weighted by Gasteiger charge is -2.08. The van der Waals surface area contributed by atoms with Gasteiger partial charge in [0.1, 0.15) is 0 Å². The van der Waals surface area contributed by atoms with Gasteiger partial charge in [0.25, 0.3) is 0 Å². The van der Waals surface area contributed by atoms with Gasteiger partial charge in [0.05, 0.1) is 0 Å². The zero-order valence-corrected chi connectivity index (χ0v) is 30.6. The number of amides is 1. The average molecular weight is 635 g/mol. The Balaban J connectivity index is -0.000000248. The molecule has 244 valence electrons. The Morgan fingerprint density at radius 3 is 1.02 bits per heavy atom. The third-order valence-corrected chi connectivity index (χ3v) is 6.84. The molecule has 0 radical (unpaired) electrons. The normalized spacial score (nSPS) is 10.3. The summed E-state index contributed by atoms with van der Waals surface area (Å²) >= 11 is 0. The predicted molar refractivity (Wildman–Crippen MR) is 189 cm³/mol. The lowest BCUT2D eigenvalue weighted by atomic mass is 10.1. The predicted octanol–water partition coefficient (Wildman–Crippen LogP) is 10.6. The molecule has 0 aliphatic carbocycles. The highest BCUT2D eigenvalue weighted by atomic mass is 79.9. The van der Waals surface area contributed by atoms with E-state index in [1.54, 1.807) is 6.92 Å². The Morgan fingerprint density at radius 2 is 0.800 bits per heavy atom. The second-order valence-corrected chi connectivity index (χ2v) is 12.0. The number of hydrogen-bond acceptors (Lipinski definition) is 3. The van der Waals surface area contributed by atoms with Gasteiger partial charge in [0.15, 0.2) is 0 Å². The first-order valence-electron chi connectivity index (χ1n) is 17.0. The van der Waals surface area contributed by atoms with Crippen LogP contribution in [0.5, 0.6) is 0 Å². The summed E-state index contributed by atoms with van der Waals surface area (Å²) in [5.74, 6) is -0.0446. The van der Waals surface area contributed by atoms with Crippen LogP contribution in [0.25, 0.3) is 0 Å². The first-order valence-corrected chi connectivity index (χ1v) is 17.0. The Bertz CT molecular complexity index is 455. The van der Waals surface area contributed by atoms with E-state index in [0.717, 1.165) is 13.0 Å². The fraction of sp³-hybridized carbons (Fsp3) is 0.914. The molecule has 1 amide bonds. The molecule has 0 saturated heterocycles. The minimum Gasteiger partial charge on any atom is -0.352 e. The van der Waals surface area contributed by atoms with Crippen molar-refractivity contribution in [2.75, 3.05) is 47.8 Å². The zero-order valence-electron chi connectivity index (χ0n) is 28.9. The second-order valence-electron chi connectivity index (χ2n) is 12.0. The third-order valence-electron chi connectivity index (χ3n) is 6.84. The minimum atomic E-state index is -0.0446. The molecular weight excluding hydrogens is 558 g/mol. The van der Waals surface area contributed by atoms with Crippen molar-refractivity contribution in [1.82, 2.24) is 15.1 Å². The summed E-state index contributed by atoms with van der Waals surface area (Å²) < 4.78 is 0. The highest BCUT2D eigenvalue weighted by Crippen LogP contribution is 2.11. The van der Waals surface area contributed by atoms with Crippen LogP contribution in [0.2, 0.25) is 0 Å². The maximum absolute atomic E-state index is 10.7. The molecule has 5 heteroatoms. The first kappa shape index (κ1) is 46.6. The fourth-order valence-electron chi connectivity index (χ4n) is 4.22. The van der Waals surface area contributed by atoms with Crippen molar-refractivity contribution in [3.8, 4) is 0 Å². The van der Waals surface area contributed by atoms with Crippen molar-refractivity contribution in [3.63, 3.8) is 0 Å². The quantitative estimate of drug-likeness (QED) is 0.0802. The Hall–Kier alpha value is -0.390. The molecule has 0 unspecified atom stereocenters. The van der Waals surface area contributed by atoms with Crippen LogP contribution < -0.4 is 5.32 Å². The summed E-state index contributed by atoms with van der Waals surface area (Å²) in [4.78, 5) is 15.3. The molecule has 40 heavy (non-hydrogen) atoms. The molecule has 0 heterocycles. The van der Waals surface area contributed by atoms with E-state index in [2.05, 4.69) is 63.7 Å². The van der Waals surface area contributed by atoms with Crippen LogP contribution in [0.4, 0.5) is 0 Å². The summed E-state index contributed by atoms with van der Waals surface area (Å²) in [6, 6.07) is 0. The number of rotatable bonds is 25. The number of nitrogens with zero attached hydrogens (tertiary/aromatic N) is 2. The van der Waals surface area contributed by atoms with Crippen LogP contribution in [0, 0.1) is 0 Å². The molecule has 0 aromatic carbocycles. The molecule has 0 aromatic heterocycles. The molecule has 0 aliphatic rings. The van der Waals surface area contributed by atoms with Gasteiger partial charge in [0.2, 0.25) is 5.91 Å². The van der Waals surface area contributed by atoms with Crippen LogP contribution in [-0.2, 0) is 4.79 Å². The van der Waals surface area contributed by atoms with E-state index >= 15 is 0 Å². The number of carbonyl (C=O) groups is 1. The van der Waals surface area contributed by atoms with Gasteiger partial charge in [0, 0.05) is 12.1 Å². The van der Waals surface area contributed by atoms with Crippen LogP contribution in [0.1, 0.15) is 163 Å². The van der Waals surface area contributed by atoms with Gasteiger partial charge in [-0.25, -0.2) is 0 Å². The van der Waals surface area contributed by atoms with E-state index in [-0.39, 0.29) is 22.9 Å². The van der Waals surface area contributed by atoms with E-state index < -0.39 is 0 Å². The SMILES string of the molecule is Br.C=C(C)C(=O)NCCC.CCCCCCCCCCCCN(C)C.CCCCCCCCCCCCN(C)C. The van der Waals surface area contributed by atoms with Gasteiger partial charge in [-0.15, -0.1) is 17.0 Å². The molecule has 0 aliphatic heterocycles. The number of carbonyl (C=O) groups excluding carboxylic acids is 1. The first-order chi connectivity index (χ1) is 18.7. The van der Waals surface area contributed by atoms with Crippen molar-refractivity contribution in [1.29, 1.82) is 0 Å². The van der Waals surface area contributed by atoms with E-state index in [4.69, 9.17) is 0 Å². The van der Waals surface area contributed by atoms with Gasteiger partial charge in [-0.1, -0.05) is 143 Å². The number of unbranched alkanes of at least 4 members (excludes halogenated alkanes) is 18. The standard InChI is InChI=1S/2C14H31N.C7H13NO.BrH/c2*1-4-5-6-7-8-9-10-11-12-13-14-15(2)3;1-4-5-8-7(9)6(2)3;/h2*4-14H2,1-3H3;2,4-5H2,1,3H3,(H,8,9);1H. The summed E-state index contributed by atoms with van der Waals surface area (Å²) in [5, 5.41) is 2.69. The Labute approximate surface area is 264 Å². The van der Waals surface area contributed by atoms with Crippen molar-refractivity contribution < 1.29 is 4.79 Å². The van der Waals surface area contributed by atoms with Crippen LogP contribution in [-0.4, -0.2) is 63.5 Å². The second kappa shape index (κ2) is 40.7. The molecule has 0 spiro atoms.